The fourth-order valence-electron chi connectivity index (χ4n) is 1.07. The van der Waals surface area contributed by atoms with Gasteiger partial charge in [-0.25, -0.2) is 0 Å². The van der Waals surface area contributed by atoms with Crippen LogP contribution in [0.2, 0.25) is 0 Å². The van der Waals surface area contributed by atoms with Gasteiger partial charge in [-0.1, -0.05) is 0 Å². The minimum Gasteiger partial charge on any atom is -0.333 e. The van der Waals surface area contributed by atoms with Crippen molar-refractivity contribution in [2.45, 2.75) is 20.4 Å². The fourth-order valence-corrected chi connectivity index (χ4v) is 1.65. The minimum atomic E-state index is 0.109. The largest absolute Gasteiger partial charge is 0.333 e. The average molecular weight is 216 g/mol. The van der Waals surface area contributed by atoms with Gasteiger partial charge >= 0.3 is 0 Å². The van der Waals surface area contributed by atoms with Crippen LogP contribution in [-0.4, -0.2) is 10.4 Å². The van der Waals surface area contributed by atoms with Crippen LogP contribution in [0, 0.1) is 0 Å². The van der Waals surface area contributed by atoms with Crippen LogP contribution in [0.3, 0.4) is 0 Å². The molecule has 11 heavy (non-hydrogen) atoms. The van der Waals surface area contributed by atoms with Gasteiger partial charge in [-0.05, 0) is 35.0 Å². The van der Waals surface area contributed by atoms with Crippen molar-refractivity contribution < 1.29 is 4.79 Å². The van der Waals surface area contributed by atoms with Gasteiger partial charge in [-0.15, -0.1) is 0 Å². The highest BCUT2D eigenvalue weighted by Gasteiger charge is 2.07. The van der Waals surface area contributed by atoms with Gasteiger partial charge in [0.05, 0.1) is 10.3 Å². The van der Waals surface area contributed by atoms with E-state index in [0.717, 1.165) is 16.8 Å². The van der Waals surface area contributed by atoms with E-state index < -0.39 is 0 Å². The number of Topliss-reactive ketones (excluding diaryl/α,β-unsaturated/α-hetero) is 1. The van der Waals surface area contributed by atoms with E-state index in [9.17, 15) is 4.79 Å². The van der Waals surface area contributed by atoms with Gasteiger partial charge in [0.15, 0.2) is 5.78 Å². The zero-order chi connectivity index (χ0) is 8.43. The number of rotatable bonds is 2. The molecule has 0 unspecified atom stereocenters. The van der Waals surface area contributed by atoms with Crippen molar-refractivity contribution in [2.75, 3.05) is 0 Å². The Morgan fingerprint density at radius 2 is 2.27 bits per heavy atom. The molecule has 0 bridgehead atoms. The Morgan fingerprint density at radius 3 is 2.64 bits per heavy atom. The van der Waals surface area contributed by atoms with Crippen molar-refractivity contribution >= 4 is 21.7 Å². The summed E-state index contributed by atoms with van der Waals surface area (Å²) < 4.78 is 2.90. The van der Waals surface area contributed by atoms with Crippen molar-refractivity contribution in [3.8, 4) is 0 Å². The summed E-state index contributed by atoms with van der Waals surface area (Å²) in [5, 5.41) is 0. The third kappa shape index (κ3) is 1.53. The number of ketones is 1. The van der Waals surface area contributed by atoms with E-state index in [1.807, 2.05) is 23.6 Å². The first-order chi connectivity index (χ1) is 5.16. The summed E-state index contributed by atoms with van der Waals surface area (Å²) in [5.41, 5.74) is 0.763. The molecule has 1 heterocycles. The summed E-state index contributed by atoms with van der Waals surface area (Å²) in [6.07, 6.45) is 0. The molecule has 2 nitrogen and oxygen atoms in total. The lowest BCUT2D eigenvalue weighted by Gasteiger charge is -2.03. The van der Waals surface area contributed by atoms with Gasteiger partial charge in [-0.2, -0.15) is 0 Å². The maximum absolute atomic E-state index is 11.0. The molecule has 0 radical (unpaired) electrons. The predicted molar refractivity (Wildman–Crippen MR) is 47.8 cm³/mol. The minimum absolute atomic E-state index is 0.109. The Balaban J connectivity index is 3.15. The van der Waals surface area contributed by atoms with Crippen LogP contribution in [0.4, 0.5) is 0 Å². The van der Waals surface area contributed by atoms with E-state index in [0.29, 0.717) is 0 Å². The van der Waals surface area contributed by atoms with Crippen LogP contribution in [0.25, 0.3) is 0 Å². The molecule has 0 amide bonds. The predicted octanol–water partition coefficient (Wildman–Crippen LogP) is 2.47. The van der Waals surface area contributed by atoms with E-state index in [2.05, 4.69) is 15.9 Å². The molecule has 0 N–H and O–H groups in total. The van der Waals surface area contributed by atoms with Gasteiger partial charge in [0.1, 0.15) is 0 Å². The highest BCUT2D eigenvalue weighted by atomic mass is 79.9. The standard InChI is InChI=1S/C8H10BrNO/c1-3-10-7(6(2)11)4-5-8(10)9/h4-5H,3H2,1-2H3. The van der Waals surface area contributed by atoms with Gasteiger partial charge in [0, 0.05) is 13.5 Å². The second-order valence-electron chi connectivity index (χ2n) is 2.34. The van der Waals surface area contributed by atoms with E-state index in [-0.39, 0.29) is 5.78 Å². The molecule has 1 aromatic rings. The number of carbonyl (C=O) groups is 1. The molecule has 0 spiro atoms. The Kier molecular flexibility index (Phi) is 2.49. The molecular formula is C8H10BrNO. The van der Waals surface area contributed by atoms with Gasteiger partial charge < -0.3 is 4.57 Å². The van der Waals surface area contributed by atoms with E-state index >= 15 is 0 Å². The lowest BCUT2D eigenvalue weighted by molar-refractivity contribution is 0.100. The highest BCUT2D eigenvalue weighted by molar-refractivity contribution is 9.10. The normalized spacial score (nSPS) is 10.1. The quantitative estimate of drug-likeness (QED) is 0.696. The molecule has 3 heteroatoms. The molecule has 0 aliphatic rings. The summed E-state index contributed by atoms with van der Waals surface area (Å²) in [6.45, 7) is 4.41. The summed E-state index contributed by atoms with van der Waals surface area (Å²) >= 11 is 3.36. The summed E-state index contributed by atoms with van der Waals surface area (Å²) in [6, 6.07) is 3.72. The average Bonchev–Trinajstić information content (AvgIpc) is 2.30. The lowest BCUT2D eigenvalue weighted by Crippen LogP contribution is -2.04. The molecular weight excluding hydrogens is 206 g/mol. The van der Waals surface area contributed by atoms with Gasteiger partial charge in [0.2, 0.25) is 0 Å². The van der Waals surface area contributed by atoms with E-state index in [4.69, 9.17) is 0 Å². The van der Waals surface area contributed by atoms with Crippen LogP contribution in [0.5, 0.6) is 0 Å². The van der Waals surface area contributed by atoms with Crippen LogP contribution in [0.15, 0.2) is 16.7 Å². The van der Waals surface area contributed by atoms with E-state index in [1.54, 1.807) is 6.92 Å². The first-order valence-electron chi connectivity index (χ1n) is 3.52. The molecule has 0 fully saturated rings. The summed E-state index contributed by atoms with van der Waals surface area (Å²) in [5.74, 6) is 0.109. The number of aromatic nitrogens is 1. The molecule has 1 rings (SSSR count). The SMILES string of the molecule is CCn1c(Br)ccc1C(C)=O. The zero-order valence-corrected chi connectivity index (χ0v) is 8.18. The molecule has 0 saturated heterocycles. The van der Waals surface area contributed by atoms with Crippen molar-refractivity contribution in [1.29, 1.82) is 0 Å². The Hall–Kier alpha value is -0.570. The first kappa shape index (κ1) is 8.53. The van der Waals surface area contributed by atoms with Crippen LogP contribution >= 0.6 is 15.9 Å². The maximum atomic E-state index is 11.0. The second-order valence-corrected chi connectivity index (χ2v) is 3.15. The first-order valence-corrected chi connectivity index (χ1v) is 4.32. The van der Waals surface area contributed by atoms with Crippen molar-refractivity contribution in [3.05, 3.63) is 22.4 Å². The smallest absolute Gasteiger partial charge is 0.176 e. The van der Waals surface area contributed by atoms with Crippen LogP contribution in [-0.2, 0) is 6.54 Å². The number of hydrogen-bond donors (Lipinski definition) is 0. The van der Waals surface area contributed by atoms with E-state index in [1.165, 1.54) is 0 Å². The Bertz CT molecular complexity index is 278. The number of nitrogens with zero attached hydrogens (tertiary/aromatic N) is 1. The topological polar surface area (TPSA) is 22.0 Å². The maximum Gasteiger partial charge on any atom is 0.176 e. The third-order valence-electron chi connectivity index (χ3n) is 1.60. The number of carbonyl (C=O) groups excluding carboxylic acids is 1. The number of halogens is 1. The molecule has 60 valence electrons. The Morgan fingerprint density at radius 1 is 1.64 bits per heavy atom. The monoisotopic (exact) mass is 215 g/mol. The van der Waals surface area contributed by atoms with Crippen molar-refractivity contribution in [2.24, 2.45) is 0 Å². The Labute approximate surface area is 74.3 Å². The summed E-state index contributed by atoms with van der Waals surface area (Å²) in [7, 11) is 0. The van der Waals surface area contributed by atoms with Gasteiger partial charge in [-0.3, -0.25) is 4.79 Å². The fraction of sp³-hybridized carbons (Fsp3) is 0.375. The van der Waals surface area contributed by atoms with Crippen LogP contribution < -0.4 is 0 Å². The van der Waals surface area contributed by atoms with Crippen molar-refractivity contribution in [1.82, 2.24) is 4.57 Å². The van der Waals surface area contributed by atoms with Crippen LogP contribution in [0.1, 0.15) is 24.3 Å². The third-order valence-corrected chi connectivity index (χ3v) is 2.30. The lowest BCUT2D eigenvalue weighted by atomic mass is 10.3. The molecule has 0 atom stereocenters. The second kappa shape index (κ2) is 3.22. The summed E-state index contributed by atoms with van der Waals surface area (Å²) in [4.78, 5) is 11.0. The zero-order valence-electron chi connectivity index (χ0n) is 6.60. The molecule has 0 aliphatic carbocycles. The highest BCUT2D eigenvalue weighted by Crippen LogP contribution is 2.15. The number of hydrogen-bond acceptors (Lipinski definition) is 1. The molecule has 0 saturated carbocycles. The van der Waals surface area contributed by atoms with Gasteiger partial charge in [0.25, 0.3) is 0 Å². The molecule has 0 aliphatic heterocycles. The molecule has 1 aromatic heterocycles. The van der Waals surface area contributed by atoms with Crippen molar-refractivity contribution in [3.63, 3.8) is 0 Å². The molecule has 0 aromatic carbocycles.